The number of ether oxygens (including phenoxy) is 1. The Morgan fingerprint density at radius 2 is 1.97 bits per heavy atom. The number of nitrogens with zero attached hydrogens (tertiary/aromatic N) is 7. The maximum absolute atomic E-state index is 14.8. The lowest BCUT2D eigenvalue weighted by Gasteiger charge is -2.10. The van der Waals surface area contributed by atoms with E-state index in [9.17, 15) is 9.65 Å². The molecule has 0 aliphatic carbocycles. The molecule has 4 rings (SSSR count). The van der Waals surface area contributed by atoms with Crippen LogP contribution in [0.5, 0.6) is 0 Å². The van der Waals surface area contributed by atoms with Crippen molar-refractivity contribution in [2.45, 2.75) is 26.5 Å². The molecule has 2 N–H and O–H groups in total. The van der Waals surface area contributed by atoms with Crippen LogP contribution in [0.2, 0.25) is 0 Å². The first kappa shape index (κ1) is 22.0. The highest BCUT2D eigenvalue weighted by molar-refractivity contribution is 5.69. The fourth-order valence-electron chi connectivity index (χ4n) is 3.34. The zero-order valence-electron chi connectivity index (χ0n) is 18.3. The van der Waals surface area contributed by atoms with Crippen LogP contribution in [0.15, 0.2) is 42.6 Å². The van der Waals surface area contributed by atoms with Gasteiger partial charge in [0.25, 0.3) is 0 Å². The Morgan fingerprint density at radius 3 is 2.73 bits per heavy atom. The van der Waals surface area contributed by atoms with Crippen molar-refractivity contribution in [2.24, 2.45) is 0 Å². The lowest BCUT2D eigenvalue weighted by molar-refractivity contribution is 0.116. The number of halogens is 1. The number of hydrogen-bond acceptors (Lipinski definition) is 8. The number of nitrogens with two attached hydrogens (primary N) is 1. The third-order valence-corrected chi connectivity index (χ3v) is 5.28. The zero-order chi connectivity index (χ0) is 23.5. The van der Waals surface area contributed by atoms with Crippen molar-refractivity contribution >= 4 is 5.82 Å². The summed E-state index contributed by atoms with van der Waals surface area (Å²) in [7, 11) is 1.62. The number of nitriles is 1. The number of hydrogen-bond donors (Lipinski definition) is 1. The molecule has 1 unspecified atom stereocenters. The number of methoxy groups -OCH3 is 1. The molecule has 10 heteroatoms. The third kappa shape index (κ3) is 4.40. The SMILES string of the molecule is COC(C)c1cccc(Cn2cc(-c3nc(-c4cccc(C#N)c4C)nc(N)c3F)nn2)n1. The van der Waals surface area contributed by atoms with Crippen LogP contribution in [0.1, 0.15) is 35.5 Å². The average molecular weight is 444 g/mol. The Hall–Kier alpha value is -4.23. The van der Waals surface area contributed by atoms with Crippen LogP contribution in [-0.2, 0) is 11.3 Å². The maximum Gasteiger partial charge on any atom is 0.193 e. The monoisotopic (exact) mass is 444 g/mol. The number of aromatic nitrogens is 6. The van der Waals surface area contributed by atoms with E-state index in [0.717, 1.165) is 11.4 Å². The van der Waals surface area contributed by atoms with Gasteiger partial charge in [0.1, 0.15) is 11.4 Å². The number of rotatable bonds is 6. The molecule has 0 aliphatic rings. The molecule has 0 bridgehead atoms. The normalized spacial score (nSPS) is 11.8. The van der Waals surface area contributed by atoms with Gasteiger partial charge in [-0.3, -0.25) is 4.98 Å². The smallest absolute Gasteiger partial charge is 0.193 e. The van der Waals surface area contributed by atoms with E-state index in [1.807, 2.05) is 25.1 Å². The molecule has 166 valence electrons. The molecule has 33 heavy (non-hydrogen) atoms. The molecule has 0 aliphatic heterocycles. The van der Waals surface area contributed by atoms with Gasteiger partial charge in [0, 0.05) is 12.7 Å². The topological polar surface area (TPSA) is 128 Å². The lowest BCUT2D eigenvalue weighted by Crippen LogP contribution is -2.06. The van der Waals surface area contributed by atoms with Crippen LogP contribution in [0.3, 0.4) is 0 Å². The Balaban J connectivity index is 1.68. The third-order valence-electron chi connectivity index (χ3n) is 5.28. The molecule has 9 nitrogen and oxygen atoms in total. The Labute approximate surface area is 189 Å². The van der Waals surface area contributed by atoms with Crippen molar-refractivity contribution in [2.75, 3.05) is 12.8 Å². The van der Waals surface area contributed by atoms with Crippen LogP contribution in [0.25, 0.3) is 22.8 Å². The number of benzene rings is 1. The highest BCUT2D eigenvalue weighted by Crippen LogP contribution is 2.28. The second kappa shape index (κ2) is 9.10. The summed E-state index contributed by atoms with van der Waals surface area (Å²) in [5.74, 6) is -0.890. The van der Waals surface area contributed by atoms with Crippen LogP contribution >= 0.6 is 0 Å². The van der Waals surface area contributed by atoms with Gasteiger partial charge in [-0.1, -0.05) is 23.4 Å². The molecule has 0 spiro atoms. The first-order chi connectivity index (χ1) is 15.9. The molecular formula is C23H21FN8O. The van der Waals surface area contributed by atoms with E-state index < -0.39 is 5.82 Å². The molecule has 4 aromatic rings. The summed E-state index contributed by atoms with van der Waals surface area (Å²) >= 11 is 0. The first-order valence-corrected chi connectivity index (χ1v) is 10.1. The number of pyridine rings is 1. The van der Waals surface area contributed by atoms with Crippen molar-refractivity contribution in [1.29, 1.82) is 5.26 Å². The van der Waals surface area contributed by atoms with Crippen LogP contribution < -0.4 is 5.73 Å². The quantitative estimate of drug-likeness (QED) is 0.479. The van der Waals surface area contributed by atoms with Gasteiger partial charge in [0.2, 0.25) is 0 Å². The predicted octanol–water partition coefficient (Wildman–Crippen LogP) is 3.45. The molecule has 3 heterocycles. The molecule has 0 amide bonds. The van der Waals surface area contributed by atoms with Crippen LogP contribution in [0, 0.1) is 24.1 Å². The maximum atomic E-state index is 14.8. The minimum Gasteiger partial charge on any atom is -0.381 e. The van der Waals surface area contributed by atoms with E-state index in [0.29, 0.717) is 23.2 Å². The molecule has 0 saturated carbocycles. The van der Waals surface area contributed by atoms with Crippen molar-refractivity contribution in [3.8, 4) is 28.8 Å². The molecule has 1 atom stereocenters. The molecule has 3 aromatic heterocycles. The molecule has 1 aromatic carbocycles. The highest BCUT2D eigenvalue weighted by Gasteiger charge is 2.19. The second-order valence-corrected chi connectivity index (χ2v) is 7.42. The van der Waals surface area contributed by atoms with Crippen molar-refractivity contribution in [3.63, 3.8) is 0 Å². The molecular weight excluding hydrogens is 423 g/mol. The summed E-state index contributed by atoms with van der Waals surface area (Å²) in [4.78, 5) is 13.0. The Morgan fingerprint density at radius 1 is 1.18 bits per heavy atom. The van der Waals surface area contributed by atoms with Crippen molar-refractivity contribution in [3.05, 3.63) is 70.9 Å². The van der Waals surface area contributed by atoms with E-state index in [4.69, 9.17) is 10.5 Å². The van der Waals surface area contributed by atoms with Gasteiger partial charge < -0.3 is 10.5 Å². The highest BCUT2D eigenvalue weighted by atomic mass is 19.1. The summed E-state index contributed by atoms with van der Waals surface area (Å²) in [6.45, 7) is 4.02. The van der Waals surface area contributed by atoms with Gasteiger partial charge in [0.15, 0.2) is 17.5 Å². The Bertz CT molecular complexity index is 1360. The lowest BCUT2D eigenvalue weighted by atomic mass is 10.0. The summed E-state index contributed by atoms with van der Waals surface area (Å²) in [5, 5.41) is 17.5. The second-order valence-electron chi connectivity index (χ2n) is 7.42. The van der Waals surface area contributed by atoms with E-state index in [1.165, 1.54) is 4.68 Å². The average Bonchev–Trinajstić information content (AvgIpc) is 3.28. The van der Waals surface area contributed by atoms with Gasteiger partial charge in [-0.2, -0.15) is 5.26 Å². The van der Waals surface area contributed by atoms with E-state index >= 15 is 0 Å². The summed E-state index contributed by atoms with van der Waals surface area (Å²) in [5.41, 5.74) is 9.26. The fourth-order valence-corrected chi connectivity index (χ4v) is 3.34. The van der Waals surface area contributed by atoms with Crippen LogP contribution in [0.4, 0.5) is 10.2 Å². The van der Waals surface area contributed by atoms with Gasteiger partial charge in [-0.15, -0.1) is 5.10 Å². The van der Waals surface area contributed by atoms with E-state index in [2.05, 4.69) is 31.3 Å². The van der Waals surface area contributed by atoms with E-state index in [-0.39, 0.29) is 29.1 Å². The predicted molar refractivity (Wildman–Crippen MR) is 119 cm³/mol. The molecule has 0 saturated heterocycles. The zero-order valence-corrected chi connectivity index (χ0v) is 18.3. The molecule has 0 radical (unpaired) electrons. The van der Waals surface area contributed by atoms with Gasteiger partial charge >= 0.3 is 0 Å². The fraction of sp³-hybridized carbons (Fsp3) is 0.217. The largest absolute Gasteiger partial charge is 0.381 e. The van der Waals surface area contributed by atoms with Gasteiger partial charge in [-0.05, 0) is 37.6 Å². The number of anilines is 1. The Kier molecular flexibility index (Phi) is 6.06. The van der Waals surface area contributed by atoms with Crippen molar-refractivity contribution < 1.29 is 9.13 Å². The van der Waals surface area contributed by atoms with Gasteiger partial charge in [0.05, 0.1) is 41.9 Å². The van der Waals surface area contributed by atoms with Crippen LogP contribution in [-0.4, -0.2) is 37.1 Å². The minimum absolute atomic E-state index is 0.0692. The van der Waals surface area contributed by atoms with Crippen molar-refractivity contribution in [1.82, 2.24) is 29.9 Å². The summed E-state index contributed by atoms with van der Waals surface area (Å²) < 4.78 is 21.7. The number of nitrogen functional groups attached to an aromatic ring is 1. The summed E-state index contributed by atoms with van der Waals surface area (Å²) in [6.07, 6.45) is 1.43. The first-order valence-electron chi connectivity index (χ1n) is 10.1. The van der Waals surface area contributed by atoms with E-state index in [1.54, 1.807) is 38.4 Å². The standard InChI is InChI=1S/C23H21FN8O/c1-13-15(10-25)6-4-8-17(13)23-28-21(20(24)22(26)29-23)19-12-32(31-30-19)11-16-7-5-9-18(27-16)14(2)33-3/h4-9,12,14H,11H2,1-3H3,(H2,26,28,29). The minimum atomic E-state index is -0.783. The summed E-state index contributed by atoms with van der Waals surface area (Å²) in [6, 6.07) is 12.9. The van der Waals surface area contributed by atoms with Gasteiger partial charge in [-0.25, -0.2) is 19.0 Å². The molecule has 0 fully saturated rings.